The van der Waals surface area contributed by atoms with Gasteiger partial charge in [-0.2, -0.15) is 5.26 Å². The summed E-state index contributed by atoms with van der Waals surface area (Å²) in [6.07, 6.45) is 0. The molecule has 0 aliphatic carbocycles. The molecule has 2 aromatic carbocycles. The van der Waals surface area contributed by atoms with Crippen LogP contribution in [0.2, 0.25) is 5.02 Å². The predicted octanol–water partition coefficient (Wildman–Crippen LogP) is 4.23. The van der Waals surface area contributed by atoms with Crippen LogP contribution in [0, 0.1) is 11.3 Å². The lowest BCUT2D eigenvalue weighted by atomic mass is 10.2. The van der Waals surface area contributed by atoms with Crippen molar-refractivity contribution in [2.75, 3.05) is 18.2 Å². The van der Waals surface area contributed by atoms with Gasteiger partial charge in [0.15, 0.2) is 11.0 Å². The number of halogens is 1. The summed E-state index contributed by atoms with van der Waals surface area (Å²) in [5.41, 5.74) is 1.57. The lowest BCUT2D eigenvalue weighted by molar-refractivity contribution is -0.113. The monoisotopic (exact) mass is 427 g/mol. The first-order chi connectivity index (χ1) is 14.1. The number of aromatic nitrogens is 3. The number of benzene rings is 2. The molecule has 7 nitrogen and oxygen atoms in total. The first-order valence-electron chi connectivity index (χ1n) is 8.76. The van der Waals surface area contributed by atoms with Crippen molar-refractivity contribution in [2.24, 2.45) is 0 Å². The average molecular weight is 428 g/mol. The fourth-order valence-electron chi connectivity index (χ4n) is 2.74. The molecular weight excluding hydrogens is 410 g/mol. The normalized spacial score (nSPS) is 10.4. The number of nitrogens with zero attached hydrogens (tertiary/aromatic N) is 4. The summed E-state index contributed by atoms with van der Waals surface area (Å²) in [7, 11) is 1.61. The number of hydrogen-bond donors (Lipinski definition) is 1. The number of para-hydroxylation sites is 1. The lowest BCUT2D eigenvalue weighted by Gasteiger charge is -2.10. The molecule has 29 heavy (non-hydrogen) atoms. The topological polar surface area (TPSA) is 92.8 Å². The highest BCUT2D eigenvalue weighted by Crippen LogP contribution is 2.31. The molecule has 0 aliphatic heterocycles. The van der Waals surface area contributed by atoms with E-state index in [-0.39, 0.29) is 11.7 Å². The van der Waals surface area contributed by atoms with Crippen molar-refractivity contribution in [1.29, 1.82) is 5.26 Å². The van der Waals surface area contributed by atoms with Gasteiger partial charge in [-0.1, -0.05) is 35.5 Å². The Labute approximate surface area is 177 Å². The summed E-state index contributed by atoms with van der Waals surface area (Å²) < 4.78 is 7.34. The third kappa shape index (κ3) is 4.70. The minimum absolute atomic E-state index is 0.113. The van der Waals surface area contributed by atoms with Gasteiger partial charge in [0, 0.05) is 11.6 Å². The van der Waals surface area contributed by atoms with Crippen LogP contribution in [-0.2, 0) is 11.3 Å². The third-order valence-electron chi connectivity index (χ3n) is 4.09. The van der Waals surface area contributed by atoms with Crippen molar-refractivity contribution < 1.29 is 9.53 Å². The zero-order chi connectivity index (χ0) is 20.8. The number of carbonyl (C=O) groups excluding carboxylic acids is 1. The van der Waals surface area contributed by atoms with E-state index >= 15 is 0 Å². The third-order valence-corrected chi connectivity index (χ3v) is 5.29. The molecule has 0 aliphatic rings. The summed E-state index contributed by atoms with van der Waals surface area (Å²) >= 11 is 7.22. The molecule has 1 N–H and O–H groups in total. The number of methoxy groups -OCH3 is 1. The molecule has 1 aromatic heterocycles. The summed E-state index contributed by atoms with van der Waals surface area (Å²) in [5, 5.41) is 21.5. The van der Waals surface area contributed by atoms with Crippen molar-refractivity contribution in [1.82, 2.24) is 14.8 Å². The zero-order valence-electron chi connectivity index (χ0n) is 15.8. The molecule has 1 heterocycles. The van der Waals surface area contributed by atoms with E-state index in [1.54, 1.807) is 25.3 Å². The second-order valence-corrected chi connectivity index (χ2v) is 7.27. The number of nitriles is 1. The number of rotatable bonds is 7. The molecule has 0 saturated heterocycles. The number of anilines is 1. The smallest absolute Gasteiger partial charge is 0.234 e. The van der Waals surface area contributed by atoms with Gasteiger partial charge in [0.25, 0.3) is 0 Å². The summed E-state index contributed by atoms with van der Waals surface area (Å²) in [5.74, 6) is 1.23. The highest BCUT2D eigenvalue weighted by Gasteiger charge is 2.17. The van der Waals surface area contributed by atoms with Crippen molar-refractivity contribution in [2.45, 2.75) is 18.6 Å². The maximum Gasteiger partial charge on any atom is 0.234 e. The Morgan fingerprint density at radius 3 is 2.83 bits per heavy atom. The number of carbonyl (C=O) groups is 1. The van der Waals surface area contributed by atoms with Gasteiger partial charge in [0.1, 0.15) is 11.8 Å². The minimum atomic E-state index is -0.265. The second kappa shape index (κ2) is 9.45. The summed E-state index contributed by atoms with van der Waals surface area (Å²) in [6.45, 7) is 2.62. The van der Waals surface area contributed by atoms with Gasteiger partial charge in [0.05, 0.1) is 29.7 Å². The van der Waals surface area contributed by atoms with Gasteiger partial charge in [-0.3, -0.25) is 4.79 Å². The number of nitrogens with one attached hydrogen (secondary N) is 1. The molecule has 3 rings (SSSR count). The molecule has 0 unspecified atom stereocenters. The Kier molecular flexibility index (Phi) is 6.75. The van der Waals surface area contributed by atoms with Gasteiger partial charge in [-0.25, -0.2) is 0 Å². The minimum Gasteiger partial charge on any atom is -0.496 e. The molecule has 0 saturated carbocycles. The van der Waals surface area contributed by atoms with Crippen LogP contribution in [0.1, 0.15) is 12.5 Å². The zero-order valence-corrected chi connectivity index (χ0v) is 17.4. The average Bonchev–Trinajstić information content (AvgIpc) is 3.15. The van der Waals surface area contributed by atoms with Crippen LogP contribution in [-0.4, -0.2) is 33.5 Å². The second-order valence-electron chi connectivity index (χ2n) is 5.89. The Balaban J connectivity index is 1.75. The van der Waals surface area contributed by atoms with Crippen LogP contribution < -0.4 is 10.1 Å². The van der Waals surface area contributed by atoms with E-state index in [2.05, 4.69) is 15.5 Å². The molecule has 0 fully saturated rings. The van der Waals surface area contributed by atoms with E-state index in [1.807, 2.05) is 41.8 Å². The van der Waals surface area contributed by atoms with Gasteiger partial charge in [-0.05, 0) is 37.3 Å². The Morgan fingerprint density at radius 1 is 1.31 bits per heavy atom. The van der Waals surface area contributed by atoms with Crippen molar-refractivity contribution >= 4 is 35.0 Å². The molecule has 148 valence electrons. The molecular formula is C20H18ClN5O2S. The first-order valence-corrected chi connectivity index (χ1v) is 10.1. The molecule has 0 spiro atoms. The van der Waals surface area contributed by atoms with Crippen LogP contribution in [0.3, 0.4) is 0 Å². The van der Waals surface area contributed by atoms with E-state index in [0.717, 1.165) is 5.56 Å². The van der Waals surface area contributed by atoms with Gasteiger partial charge in [0.2, 0.25) is 5.91 Å². The van der Waals surface area contributed by atoms with Crippen molar-refractivity contribution in [3.63, 3.8) is 0 Å². The summed E-state index contributed by atoms with van der Waals surface area (Å²) in [6, 6.07) is 14.3. The largest absolute Gasteiger partial charge is 0.496 e. The standard InChI is InChI=1S/C20H18ClN5O2S/c1-3-26-19(15-6-4-5-7-17(15)28-2)24-25-20(26)29-12-18(27)23-16-10-14(21)9-8-13(16)11-22/h4-10H,3,12H2,1-2H3,(H,23,27). The van der Waals surface area contributed by atoms with Gasteiger partial charge in [-0.15, -0.1) is 10.2 Å². The molecule has 9 heteroatoms. The SMILES string of the molecule is CCn1c(SCC(=O)Nc2cc(Cl)ccc2C#N)nnc1-c1ccccc1OC. The fourth-order valence-corrected chi connectivity index (χ4v) is 3.72. The first kappa shape index (κ1) is 20.7. The van der Waals surface area contributed by atoms with E-state index in [0.29, 0.717) is 39.5 Å². The van der Waals surface area contributed by atoms with Crippen LogP contribution in [0.15, 0.2) is 47.6 Å². The highest BCUT2D eigenvalue weighted by molar-refractivity contribution is 7.99. The van der Waals surface area contributed by atoms with Gasteiger partial charge < -0.3 is 14.6 Å². The predicted molar refractivity (Wildman–Crippen MR) is 113 cm³/mol. The maximum atomic E-state index is 12.4. The van der Waals surface area contributed by atoms with E-state index in [9.17, 15) is 10.1 Å². The van der Waals surface area contributed by atoms with E-state index < -0.39 is 0 Å². The Hall–Kier alpha value is -3.02. The van der Waals surface area contributed by atoms with Crippen LogP contribution in [0.5, 0.6) is 5.75 Å². The number of ether oxygens (including phenoxy) is 1. The molecule has 0 radical (unpaired) electrons. The molecule has 1 amide bonds. The number of hydrogen-bond acceptors (Lipinski definition) is 6. The quantitative estimate of drug-likeness (QED) is 0.567. The van der Waals surface area contributed by atoms with Crippen LogP contribution >= 0.6 is 23.4 Å². The van der Waals surface area contributed by atoms with E-state index in [1.165, 1.54) is 11.8 Å². The molecule has 0 bridgehead atoms. The van der Waals surface area contributed by atoms with Crippen LogP contribution in [0.4, 0.5) is 5.69 Å². The summed E-state index contributed by atoms with van der Waals surface area (Å²) in [4.78, 5) is 12.4. The Morgan fingerprint density at radius 2 is 2.10 bits per heavy atom. The van der Waals surface area contributed by atoms with E-state index in [4.69, 9.17) is 16.3 Å². The molecule has 0 atom stereocenters. The van der Waals surface area contributed by atoms with Crippen LogP contribution in [0.25, 0.3) is 11.4 Å². The number of thioether (sulfide) groups is 1. The fraction of sp³-hybridized carbons (Fsp3) is 0.200. The highest BCUT2D eigenvalue weighted by atomic mass is 35.5. The van der Waals surface area contributed by atoms with Crippen molar-refractivity contribution in [3.05, 3.63) is 53.1 Å². The number of amides is 1. The molecule has 3 aromatic rings. The van der Waals surface area contributed by atoms with Gasteiger partial charge >= 0.3 is 0 Å². The van der Waals surface area contributed by atoms with Crippen molar-refractivity contribution in [3.8, 4) is 23.2 Å². The Bertz CT molecular complexity index is 1080. The maximum absolute atomic E-state index is 12.4. The lowest BCUT2D eigenvalue weighted by Crippen LogP contribution is -2.15.